The van der Waals surface area contributed by atoms with Crippen molar-refractivity contribution >= 4 is 17.4 Å². The Morgan fingerprint density at radius 3 is 2.58 bits per heavy atom. The summed E-state index contributed by atoms with van der Waals surface area (Å²) in [4.78, 5) is 15.9. The number of carbonyl (C=O) groups excluding carboxylic acids is 1. The summed E-state index contributed by atoms with van der Waals surface area (Å²) in [5.74, 6) is 0.774. The highest BCUT2D eigenvalue weighted by atomic mass is 19.4. The average Bonchev–Trinajstić information content (AvgIpc) is 2.99. The number of hydrogen-bond donors (Lipinski definition) is 1. The molecule has 3 rings (SSSR count). The van der Waals surface area contributed by atoms with Crippen molar-refractivity contribution in [1.82, 2.24) is 10.1 Å². The maximum atomic E-state index is 12.8. The molecule has 2 aromatic rings. The van der Waals surface area contributed by atoms with Crippen molar-refractivity contribution in [3.8, 4) is 0 Å². The summed E-state index contributed by atoms with van der Waals surface area (Å²) in [5, 5.41) is 6.36. The second-order valence-electron chi connectivity index (χ2n) is 6.18. The van der Waals surface area contributed by atoms with Gasteiger partial charge in [0.1, 0.15) is 5.76 Å². The third-order valence-electron chi connectivity index (χ3n) is 4.17. The van der Waals surface area contributed by atoms with E-state index in [2.05, 4.69) is 10.5 Å². The van der Waals surface area contributed by atoms with Gasteiger partial charge in [-0.05, 0) is 25.1 Å². The van der Waals surface area contributed by atoms with E-state index in [4.69, 9.17) is 4.52 Å². The van der Waals surface area contributed by atoms with Crippen molar-refractivity contribution in [2.45, 2.75) is 13.1 Å². The number of hydrogen-bond acceptors (Lipinski definition) is 5. The average molecular weight is 368 g/mol. The van der Waals surface area contributed by atoms with Gasteiger partial charge in [0.25, 0.3) is 0 Å². The number of aryl methyl sites for hydroxylation is 1. The Bertz CT molecular complexity index is 767. The lowest BCUT2D eigenvalue weighted by Gasteiger charge is -2.35. The number of nitrogens with zero attached hydrogens (tertiary/aromatic N) is 3. The number of amides is 1. The Kier molecular flexibility index (Phi) is 5.17. The van der Waals surface area contributed by atoms with Gasteiger partial charge in [-0.15, -0.1) is 0 Å². The van der Waals surface area contributed by atoms with E-state index < -0.39 is 11.7 Å². The van der Waals surface area contributed by atoms with Gasteiger partial charge >= 0.3 is 6.18 Å². The fourth-order valence-electron chi connectivity index (χ4n) is 2.85. The van der Waals surface area contributed by atoms with Crippen molar-refractivity contribution in [3.63, 3.8) is 0 Å². The lowest BCUT2D eigenvalue weighted by atomic mass is 10.1. The number of piperazine rings is 1. The van der Waals surface area contributed by atoms with Crippen molar-refractivity contribution in [1.29, 1.82) is 0 Å². The smallest absolute Gasteiger partial charge is 0.369 e. The van der Waals surface area contributed by atoms with E-state index in [0.29, 0.717) is 43.4 Å². The number of carbonyl (C=O) groups is 1. The number of halogens is 3. The van der Waals surface area contributed by atoms with Gasteiger partial charge in [0.15, 0.2) is 5.82 Å². The molecular formula is C17H19F3N4O2. The van der Waals surface area contributed by atoms with Gasteiger partial charge in [-0.3, -0.25) is 9.69 Å². The molecule has 0 atom stereocenters. The maximum Gasteiger partial charge on any atom is 0.416 e. The van der Waals surface area contributed by atoms with Crippen molar-refractivity contribution < 1.29 is 22.5 Å². The highest BCUT2D eigenvalue weighted by Gasteiger charge is 2.31. The monoisotopic (exact) mass is 368 g/mol. The molecule has 0 bridgehead atoms. The second-order valence-corrected chi connectivity index (χ2v) is 6.18. The summed E-state index contributed by atoms with van der Waals surface area (Å²) in [7, 11) is 0. The highest BCUT2D eigenvalue weighted by Crippen LogP contribution is 2.31. The van der Waals surface area contributed by atoms with E-state index in [1.807, 2.05) is 9.80 Å². The van der Waals surface area contributed by atoms with Crippen LogP contribution in [0.25, 0.3) is 0 Å². The first-order valence-corrected chi connectivity index (χ1v) is 8.19. The summed E-state index contributed by atoms with van der Waals surface area (Å²) >= 11 is 0. The standard InChI is InChI=1S/C17H19F3N4O2/c1-12-9-15(22-26-12)21-16(25)11-23-5-7-24(8-6-23)14-4-2-3-13(10-14)17(18,19)20/h2-4,9-10H,5-8,11H2,1H3,(H,21,22,25). The molecule has 26 heavy (non-hydrogen) atoms. The molecule has 1 amide bonds. The van der Waals surface area contributed by atoms with E-state index in [1.165, 1.54) is 6.07 Å². The lowest BCUT2D eigenvalue weighted by Crippen LogP contribution is -2.48. The Hall–Kier alpha value is -2.55. The molecule has 0 unspecified atom stereocenters. The Morgan fingerprint density at radius 1 is 1.23 bits per heavy atom. The van der Waals surface area contributed by atoms with E-state index >= 15 is 0 Å². The molecule has 0 radical (unpaired) electrons. The number of rotatable bonds is 4. The summed E-state index contributed by atoms with van der Waals surface area (Å²) in [6.07, 6.45) is -4.35. The fourth-order valence-corrected chi connectivity index (χ4v) is 2.85. The van der Waals surface area contributed by atoms with Crippen LogP contribution in [-0.2, 0) is 11.0 Å². The van der Waals surface area contributed by atoms with Crippen molar-refractivity contribution in [2.24, 2.45) is 0 Å². The molecule has 140 valence electrons. The topological polar surface area (TPSA) is 61.6 Å². The molecule has 1 N–H and O–H groups in total. The number of aromatic nitrogens is 1. The van der Waals surface area contributed by atoms with E-state index in [9.17, 15) is 18.0 Å². The van der Waals surface area contributed by atoms with Crippen LogP contribution < -0.4 is 10.2 Å². The first-order chi connectivity index (χ1) is 12.3. The van der Waals surface area contributed by atoms with Crippen LogP contribution in [0.3, 0.4) is 0 Å². The summed E-state index contributed by atoms with van der Waals surface area (Å²) in [6.45, 7) is 4.20. The first-order valence-electron chi connectivity index (χ1n) is 8.19. The molecule has 1 aliphatic rings. The first kappa shape index (κ1) is 18.2. The van der Waals surface area contributed by atoms with Crippen LogP contribution in [0.4, 0.5) is 24.7 Å². The molecule has 0 aliphatic carbocycles. The maximum absolute atomic E-state index is 12.8. The zero-order chi connectivity index (χ0) is 18.7. The molecule has 0 spiro atoms. The molecule has 1 aromatic heterocycles. The third kappa shape index (κ3) is 4.54. The second kappa shape index (κ2) is 7.36. The Balaban J connectivity index is 1.52. The third-order valence-corrected chi connectivity index (χ3v) is 4.17. The van der Waals surface area contributed by atoms with Crippen LogP contribution in [0, 0.1) is 6.92 Å². The normalized spacial score (nSPS) is 15.9. The van der Waals surface area contributed by atoms with Gasteiger partial charge in [-0.25, -0.2) is 0 Å². The number of alkyl halides is 3. The minimum atomic E-state index is -4.35. The van der Waals surface area contributed by atoms with Gasteiger partial charge in [-0.2, -0.15) is 13.2 Å². The zero-order valence-electron chi connectivity index (χ0n) is 14.2. The van der Waals surface area contributed by atoms with Crippen LogP contribution in [0.1, 0.15) is 11.3 Å². The van der Waals surface area contributed by atoms with Gasteiger partial charge in [0.2, 0.25) is 5.91 Å². The predicted octanol–water partition coefficient (Wildman–Crippen LogP) is 2.76. The number of benzene rings is 1. The largest absolute Gasteiger partial charge is 0.416 e. The molecule has 1 saturated heterocycles. The van der Waals surface area contributed by atoms with Gasteiger partial charge < -0.3 is 14.7 Å². The lowest BCUT2D eigenvalue weighted by molar-refractivity contribution is -0.137. The molecule has 6 nitrogen and oxygen atoms in total. The van der Waals surface area contributed by atoms with Crippen molar-refractivity contribution in [2.75, 3.05) is 42.9 Å². The van der Waals surface area contributed by atoms with Crippen LogP contribution in [-0.4, -0.2) is 48.7 Å². The summed E-state index contributed by atoms with van der Waals surface area (Å²) in [5.41, 5.74) is -0.110. The van der Waals surface area contributed by atoms with Crippen LogP contribution in [0.2, 0.25) is 0 Å². The molecular weight excluding hydrogens is 349 g/mol. The van der Waals surface area contributed by atoms with E-state index in [0.717, 1.165) is 12.1 Å². The van der Waals surface area contributed by atoms with Gasteiger partial charge in [0, 0.05) is 37.9 Å². The van der Waals surface area contributed by atoms with E-state index in [-0.39, 0.29) is 12.5 Å². The quantitative estimate of drug-likeness (QED) is 0.899. The van der Waals surface area contributed by atoms with Gasteiger partial charge in [-0.1, -0.05) is 11.2 Å². The molecule has 9 heteroatoms. The molecule has 1 aliphatic heterocycles. The summed E-state index contributed by atoms with van der Waals surface area (Å²) < 4.78 is 43.4. The number of anilines is 2. The molecule has 1 aromatic carbocycles. The Morgan fingerprint density at radius 2 is 1.96 bits per heavy atom. The minimum absolute atomic E-state index is 0.197. The van der Waals surface area contributed by atoms with Crippen LogP contribution in [0.15, 0.2) is 34.9 Å². The van der Waals surface area contributed by atoms with E-state index in [1.54, 1.807) is 19.1 Å². The molecule has 0 saturated carbocycles. The van der Waals surface area contributed by atoms with Gasteiger partial charge in [0.05, 0.1) is 12.1 Å². The van der Waals surface area contributed by atoms with Crippen LogP contribution >= 0.6 is 0 Å². The van der Waals surface area contributed by atoms with Crippen molar-refractivity contribution in [3.05, 3.63) is 41.7 Å². The number of nitrogens with one attached hydrogen (secondary N) is 1. The molecule has 2 heterocycles. The minimum Gasteiger partial charge on any atom is -0.369 e. The predicted molar refractivity (Wildman–Crippen MR) is 90.0 cm³/mol. The fraction of sp³-hybridized carbons (Fsp3) is 0.412. The highest BCUT2D eigenvalue weighted by molar-refractivity contribution is 5.91. The van der Waals surface area contributed by atoms with Crippen LogP contribution in [0.5, 0.6) is 0 Å². The summed E-state index contributed by atoms with van der Waals surface area (Å²) in [6, 6.07) is 6.94. The zero-order valence-corrected chi connectivity index (χ0v) is 14.2. The molecule has 1 fully saturated rings. The SMILES string of the molecule is Cc1cc(NC(=O)CN2CCN(c3cccc(C(F)(F)F)c3)CC2)no1. The Labute approximate surface area is 148 Å².